The number of rotatable bonds is 4. The summed E-state index contributed by atoms with van der Waals surface area (Å²) < 4.78 is 5.21. The Morgan fingerprint density at radius 3 is 3.17 bits per heavy atom. The number of oxazole rings is 1. The Morgan fingerprint density at radius 1 is 1.67 bits per heavy atom. The first-order valence-corrected chi connectivity index (χ1v) is 4.24. The molecule has 1 aromatic heterocycles. The van der Waals surface area contributed by atoms with E-state index in [9.17, 15) is 0 Å². The second-order valence-corrected chi connectivity index (χ2v) is 3.09. The lowest BCUT2D eigenvalue weighted by Crippen LogP contribution is -2.06. The molecule has 1 saturated carbocycles. The minimum Gasteiger partial charge on any atom is -0.432 e. The van der Waals surface area contributed by atoms with Crippen LogP contribution in [0.5, 0.6) is 0 Å². The third kappa shape index (κ3) is 1.76. The largest absolute Gasteiger partial charge is 0.432 e. The van der Waals surface area contributed by atoms with Crippen LogP contribution in [0.3, 0.4) is 0 Å². The van der Waals surface area contributed by atoms with E-state index in [0.717, 1.165) is 12.2 Å². The zero-order chi connectivity index (χ0) is 8.39. The number of nitrogens with zero attached hydrogens (tertiary/aromatic N) is 1. The molecule has 0 aromatic carbocycles. The Kier molecular flexibility index (Phi) is 1.99. The molecule has 2 N–H and O–H groups in total. The molecule has 2 rings (SSSR count). The van der Waals surface area contributed by atoms with Gasteiger partial charge >= 0.3 is 0 Å². The molecule has 0 bridgehead atoms. The minimum absolute atomic E-state index is 0.603. The van der Waals surface area contributed by atoms with E-state index >= 15 is 0 Å². The maximum absolute atomic E-state index is 5.21. The molecule has 0 amide bonds. The molecule has 1 aliphatic carbocycles. The van der Waals surface area contributed by atoms with Crippen molar-refractivity contribution >= 4 is 6.01 Å². The Balaban J connectivity index is 1.92. The molecular formula is C8H13N3O. The number of hydrogen-bond acceptors (Lipinski definition) is 4. The first-order valence-electron chi connectivity index (χ1n) is 4.24. The van der Waals surface area contributed by atoms with Crippen LogP contribution in [0, 0.1) is 0 Å². The van der Waals surface area contributed by atoms with Crippen LogP contribution in [0.1, 0.15) is 18.5 Å². The van der Waals surface area contributed by atoms with E-state index in [2.05, 4.69) is 15.6 Å². The topological polar surface area (TPSA) is 50.1 Å². The highest BCUT2D eigenvalue weighted by Gasteiger charge is 2.22. The highest BCUT2D eigenvalue weighted by molar-refractivity contribution is 5.25. The fourth-order valence-electron chi connectivity index (χ4n) is 1.04. The zero-order valence-electron chi connectivity index (χ0n) is 7.13. The fraction of sp³-hybridized carbons (Fsp3) is 0.625. The summed E-state index contributed by atoms with van der Waals surface area (Å²) >= 11 is 0. The van der Waals surface area contributed by atoms with Gasteiger partial charge in [0, 0.05) is 12.6 Å². The smallest absolute Gasteiger partial charge is 0.294 e. The quantitative estimate of drug-likeness (QED) is 0.701. The molecule has 0 saturated heterocycles. The lowest BCUT2D eigenvalue weighted by atomic mass is 10.5. The van der Waals surface area contributed by atoms with Crippen LogP contribution in [-0.2, 0) is 6.54 Å². The maximum Gasteiger partial charge on any atom is 0.294 e. The second-order valence-electron chi connectivity index (χ2n) is 3.09. The molecule has 0 unspecified atom stereocenters. The minimum atomic E-state index is 0.603. The highest BCUT2D eigenvalue weighted by Crippen LogP contribution is 2.23. The Bertz CT molecular complexity index is 255. The summed E-state index contributed by atoms with van der Waals surface area (Å²) in [4.78, 5) is 4.24. The van der Waals surface area contributed by atoms with Crippen LogP contribution < -0.4 is 10.6 Å². The van der Waals surface area contributed by atoms with Crippen molar-refractivity contribution in [2.45, 2.75) is 25.4 Å². The fourth-order valence-corrected chi connectivity index (χ4v) is 1.04. The van der Waals surface area contributed by atoms with Crippen molar-refractivity contribution in [2.24, 2.45) is 0 Å². The van der Waals surface area contributed by atoms with Crippen molar-refractivity contribution < 1.29 is 4.42 Å². The van der Waals surface area contributed by atoms with Crippen LogP contribution >= 0.6 is 0 Å². The van der Waals surface area contributed by atoms with Gasteiger partial charge in [-0.3, -0.25) is 0 Å². The number of anilines is 1. The van der Waals surface area contributed by atoms with E-state index in [1.54, 1.807) is 6.26 Å². The zero-order valence-corrected chi connectivity index (χ0v) is 7.13. The summed E-state index contributed by atoms with van der Waals surface area (Å²) in [5, 5.41) is 6.21. The van der Waals surface area contributed by atoms with E-state index in [-0.39, 0.29) is 0 Å². The van der Waals surface area contributed by atoms with Gasteiger partial charge in [-0.1, -0.05) is 0 Å². The first kappa shape index (κ1) is 7.61. The number of aromatic nitrogens is 1. The third-order valence-electron chi connectivity index (χ3n) is 1.81. The van der Waals surface area contributed by atoms with Gasteiger partial charge in [0.15, 0.2) is 0 Å². The Hall–Kier alpha value is -1.03. The predicted octanol–water partition coefficient (Wildman–Crippen LogP) is 0.968. The summed E-state index contributed by atoms with van der Waals surface area (Å²) in [6.07, 6.45) is 4.16. The maximum atomic E-state index is 5.21. The number of hydrogen-bond donors (Lipinski definition) is 2. The van der Waals surface area contributed by atoms with Crippen molar-refractivity contribution in [3.63, 3.8) is 0 Å². The molecule has 4 nitrogen and oxygen atoms in total. The molecule has 4 heteroatoms. The molecule has 1 heterocycles. The third-order valence-corrected chi connectivity index (χ3v) is 1.81. The summed E-state index contributed by atoms with van der Waals surface area (Å²) in [6, 6.07) is 1.26. The Morgan fingerprint density at radius 2 is 2.50 bits per heavy atom. The molecule has 12 heavy (non-hydrogen) atoms. The molecule has 1 aromatic rings. The van der Waals surface area contributed by atoms with E-state index in [4.69, 9.17) is 4.42 Å². The number of nitrogens with one attached hydrogen (secondary N) is 2. The molecule has 1 aliphatic rings. The summed E-state index contributed by atoms with van der Waals surface area (Å²) in [7, 11) is 1.89. The lowest BCUT2D eigenvalue weighted by molar-refractivity contribution is 0.568. The van der Waals surface area contributed by atoms with Crippen molar-refractivity contribution in [3.05, 3.63) is 12.0 Å². The van der Waals surface area contributed by atoms with Crippen LogP contribution in [0.15, 0.2) is 10.7 Å². The molecular weight excluding hydrogens is 154 g/mol. The van der Waals surface area contributed by atoms with Crippen LogP contribution in [0.25, 0.3) is 0 Å². The highest BCUT2D eigenvalue weighted by atomic mass is 16.4. The summed E-state index contributed by atoms with van der Waals surface area (Å²) in [5.74, 6) is 0. The Labute approximate surface area is 71.4 Å². The van der Waals surface area contributed by atoms with Gasteiger partial charge in [-0.05, 0) is 19.9 Å². The summed E-state index contributed by atoms with van der Waals surface area (Å²) in [6.45, 7) is 0.760. The van der Waals surface area contributed by atoms with Gasteiger partial charge in [-0.25, -0.2) is 0 Å². The van der Waals surface area contributed by atoms with Gasteiger partial charge in [0.1, 0.15) is 6.26 Å². The van der Waals surface area contributed by atoms with E-state index in [1.165, 1.54) is 12.8 Å². The van der Waals surface area contributed by atoms with Crippen molar-refractivity contribution in [3.8, 4) is 0 Å². The molecule has 66 valence electrons. The predicted molar refractivity (Wildman–Crippen MR) is 45.9 cm³/mol. The molecule has 0 atom stereocenters. The standard InChI is InChI=1S/C8H13N3O/c1-9-4-7-5-12-8(11-7)10-6-2-3-6/h5-6,9H,2-4H2,1H3,(H,10,11). The second kappa shape index (κ2) is 3.15. The average molecular weight is 167 g/mol. The van der Waals surface area contributed by atoms with Gasteiger partial charge in [0.2, 0.25) is 0 Å². The average Bonchev–Trinajstić information content (AvgIpc) is 2.74. The monoisotopic (exact) mass is 167 g/mol. The van der Waals surface area contributed by atoms with Crippen LogP contribution in [0.2, 0.25) is 0 Å². The van der Waals surface area contributed by atoms with Crippen LogP contribution in [0.4, 0.5) is 6.01 Å². The van der Waals surface area contributed by atoms with Crippen molar-refractivity contribution in [1.29, 1.82) is 0 Å². The van der Waals surface area contributed by atoms with E-state index in [0.29, 0.717) is 12.1 Å². The molecule has 0 spiro atoms. The van der Waals surface area contributed by atoms with Gasteiger partial charge in [0.25, 0.3) is 6.01 Å². The van der Waals surface area contributed by atoms with E-state index in [1.807, 2.05) is 7.05 Å². The van der Waals surface area contributed by atoms with Crippen molar-refractivity contribution in [1.82, 2.24) is 10.3 Å². The van der Waals surface area contributed by atoms with Gasteiger partial charge in [0.05, 0.1) is 5.69 Å². The SMILES string of the molecule is CNCc1coc(NC2CC2)n1. The first-order chi connectivity index (χ1) is 5.88. The van der Waals surface area contributed by atoms with Crippen molar-refractivity contribution in [2.75, 3.05) is 12.4 Å². The molecule has 0 radical (unpaired) electrons. The van der Waals surface area contributed by atoms with Crippen LogP contribution in [-0.4, -0.2) is 18.1 Å². The van der Waals surface area contributed by atoms with Gasteiger partial charge in [-0.2, -0.15) is 4.98 Å². The van der Waals surface area contributed by atoms with E-state index < -0.39 is 0 Å². The molecule has 1 fully saturated rings. The summed E-state index contributed by atoms with van der Waals surface area (Å²) in [5.41, 5.74) is 0.945. The van der Waals surface area contributed by atoms with Gasteiger partial charge < -0.3 is 15.1 Å². The molecule has 0 aliphatic heterocycles. The lowest BCUT2D eigenvalue weighted by Gasteiger charge is -1.94. The normalized spacial score (nSPS) is 16.4. The van der Waals surface area contributed by atoms with Gasteiger partial charge in [-0.15, -0.1) is 0 Å².